The minimum Gasteiger partial charge on any atom is -0.480 e. The van der Waals surface area contributed by atoms with Gasteiger partial charge in [-0.3, -0.25) is 9.69 Å². The zero-order chi connectivity index (χ0) is 16.9. The number of rotatable bonds is 9. The Morgan fingerprint density at radius 3 is 2.52 bits per heavy atom. The number of aliphatic carboxylic acids is 1. The highest BCUT2D eigenvalue weighted by Gasteiger charge is 2.37. The van der Waals surface area contributed by atoms with E-state index in [-0.39, 0.29) is 30.3 Å². The number of carbonyl (C=O) groups is 2. The summed E-state index contributed by atoms with van der Waals surface area (Å²) in [6.45, 7) is 3.37. The summed E-state index contributed by atoms with van der Waals surface area (Å²) in [4.78, 5) is 24.6. The molecule has 0 spiro atoms. The van der Waals surface area contributed by atoms with Gasteiger partial charge in [0.2, 0.25) is 0 Å². The molecular weight excluding hydrogens is 298 g/mol. The number of ether oxygens (including phenoxy) is 1. The van der Waals surface area contributed by atoms with E-state index in [4.69, 9.17) is 9.84 Å². The molecule has 7 heteroatoms. The zero-order valence-electron chi connectivity index (χ0n) is 14.1. The summed E-state index contributed by atoms with van der Waals surface area (Å²) in [6.07, 6.45) is 5.84. The van der Waals surface area contributed by atoms with Gasteiger partial charge in [0.1, 0.15) is 0 Å². The predicted molar refractivity (Wildman–Crippen MR) is 86.4 cm³/mol. The summed E-state index contributed by atoms with van der Waals surface area (Å²) >= 11 is 0. The maximum Gasteiger partial charge on any atom is 0.317 e. The summed E-state index contributed by atoms with van der Waals surface area (Å²) in [5, 5.41) is 14.7. The van der Waals surface area contributed by atoms with Crippen LogP contribution in [-0.2, 0) is 9.53 Å². The minimum absolute atomic E-state index is 0.0205. The molecule has 0 aliphatic heterocycles. The van der Waals surface area contributed by atoms with E-state index in [2.05, 4.69) is 10.6 Å². The van der Waals surface area contributed by atoms with Crippen LogP contribution in [0.1, 0.15) is 45.4 Å². The fourth-order valence-corrected chi connectivity index (χ4v) is 3.44. The van der Waals surface area contributed by atoms with Crippen molar-refractivity contribution < 1.29 is 19.4 Å². The topological polar surface area (TPSA) is 90.9 Å². The van der Waals surface area contributed by atoms with E-state index in [1.165, 1.54) is 6.42 Å². The van der Waals surface area contributed by atoms with Crippen molar-refractivity contribution in [1.29, 1.82) is 0 Å². The molecule has 0 unspecified atom stereocenters. The molecule has 23 heavy (non-hydrogen) atoms. The quantitative estimate of drug-likeness (QED) is 0.591. The molecule has 3 N–H and O–H groups in total. The average Bonchev–Trinajstić information content (AvgIpc) is 2.43. The first-order valence-corrected chi connectivity index (χ1v) is 8.53. The molecule has 2 saturated carbocycles. The van der Waals surface area contributed by atoms with Crippen LogP contribution in [0.3, 0.4) is 0 Å². The zero-order valence-corrected chi connectivity index (χ0v) is 14.1. The van der Waals surface area contributed by atoms with Crippen molar-refractivity contribution in [3.63, 3.8) is 0 Å². The lowest BCUT2D eigenvalue weighted by molar-refractivity contribution is -0.139. The van der Waals surface area contributed by atoms with Crippen molar-refractivity contribution in [1.82, 2.24) is 15.5 Å². The third kappa shape index (κ3) is 4.81. The molecule has 2 rings (SSSR count). The number of urea groups is 1. The summed E-state index contributed by atoms with van der Waals surface area (Å²) in [5.74, 6) is -0.802. The first kappa shape index (κ1) is 18.0. The van der Waals surface area contributed by atoms with Gasteiger partial charge in [0.05, 0.1) is 12.1 Å². The summed E-state index contributed by atoms with van der Waals surface area (Å²) in [6, 6.07) is 0.261. The SMILES string of the molecule is CCN(CC(=O)O)C1CC(NC(=O)NCCC2(OC)CCC2)C1. The highest BCUT2D eigenvalue weighted by atomic mass is 16.5. The normalized spacial score (nSPS) is 25.3. The third-order valence-electron chi connectivity index (χ3n) is 5.27. The number of hydrogen-bond donors (Lipinski definition) is 3. The Labute approximate surface area is 137 Å². The molecule has 0 saturated heterocycles. The van der Waals surface area contributed by atoms with Gasteiger partial charge in [0.15, 0.2) is 0 Å². The Bertz CT molecular complexity index is 414. The molecule has 2 aliphatic rings. The van der Waals surface area contributed by atoms with Gasteiger partial charge in [-0.2, -0.15) is 0 Å². The molecule has 0 bridgehead atoms. The second kappa shape index (κ2) is 7.97. The Morgan fingerprint density at radius 2 is 2.04 bits per heavy atom. The molecule has 0 aromatic carbocycles. The van der Waals surface area contributed by atoms with Gasteiger partial charge in [-0.05, 0) is 45.1 Å². The van der Waals surface area contributed by atoms with Crippen LogP contribution in [0.2, 0.25) is 0 Å². The van der Waals surface area contributed by atoms with E-state index in [0.717, 1.165) is 38.6 Å². The summed E-state index contributed by atoms with van der Waals surface area (Å²) < 4.78 is 5.53. The fourth-order valence-electron chi connectivity index (χ4n) is 3.44. The van der Waals surface area contributed by atoms with Crippen molar-refractivity contribution in [3.8, 4) is 0 Å². The number of carbonyl (C=O) groups excluding carboxylic acids is 1. The Balaban J connectivity index is 1.59. The highest BCUT2D eigenvalue weighted by Crippen LogP contribution is 2.37. The number of carboxylic acids is 1. The summed E-state index contributed by atoms with van der Waals surface area (Å²) in [7, 11) is 1.74. The monoisotopic (exact) mass is 327 g/mol. The van der Waals surface area contributed by atoms with Crippen molar-refractivity contribution in [2.75, 3.05) is 26.7 Å². The highest BCUT2D eigenvalue weighted by molar-refractivity contribution is 5.74. The lowest BCUT2D eigenvalue weighted by Crippen LogP contribution is -2.56. The van der Waals surface area contributed by atoms with Gasteiger partial charge >= 0.3 is 12.0 Å². The number of nitrogens with zero attached hydrogens (tertiary/aromatic N) is 1. The number of amides is 2. The molecule has 0 radical (unpaired) electrons. The van der Waals surface area contributed by atoms with E-state index in [0.29, 0.717) is 6.54 Å². The number of hydrogen-bond acceptors (Lipinski definition) is 4. The smallest absolute Gasteiger partial charge is 0.317 e. The van der Waals surface area contributed by atoms with Gasteiger partial charge in [0, 0.05) is 25.7 Å². The van der Waals surface area contributed by atoms with Crippen LogP contribution in [0.4, 0.5) is 4.79 Å². The third-order valence-corrected chi connectivity index (χ3v) is 5.27. The maximum atomic E-state index is 11.9. The van der Waals surface area contributed by atoms with Crippen LogP contribution < -0.4 is 10.6 Å². The van der Waals surface area contributed by atoms with Crippen LogP contribution in [0.5, 0.6) is 0 Å². The maximum absolute atomic E-state index is 11.9. The minimum atomic E-state index is -0.802. The lowest BCUT2D eigenvalue weighted by atomic mass is 9.77. The van der Waals surface area contributed by atoms with Gasteiger partial charge in [-0.25, -0.2) is 4.79 Å². The Kier molecular flexibility index (Phi) is 6.24. The fraction of sp³-hybridized carbons (Fsp3) is 0.875. The number of nitrogens with one attached hydrogen (secondary N) is 2. The lowest BCUT2D eigenvalue weighted by Gasteiger charge is -2.42. The molecule has 2 fully saturated rings. The van der Waals surface area contributed by atoms with Crippen molar-refractivity contribution >= 4 is 12.0 Å². The van der Waals surface area contributed by atoms with E-state index in [1.807, 2.05) is 11.8 Å². The van der Waals surface area contributed by atoms with Crippen LogP contribution in [0, 0.1) is 0 Å². The average molecular weight is 327 g/mol. The molecular formula is C16H29N3O4. The second-order valence-electron chi connectivity index (χ2n) is 6.67. The van der Waals surface area contributed by atoms with Gasteiger partial charge in [0.25, 0.3) is 0 Å². The second-order valence-corrected chi connectivity index (χ2v) is 6.67. The number of likely N-dealkylation sites (N-methyl/N-ethyl adjacent to an activating group) is 1. The number of carboxylic acid groups (broad SMARTS) is 1. The van der Waals surface area contributed by atoms with E-state index in [1.54, 1.807) is 7.11 Å². The van der Waals surface area contributed by atoms with Crippen molar-refractivity contribution in [2.45, 2.75) is 63.1 Å². The van der Waals surface area contributed by atoms with Crippen LogP contribution in [0.15, 0.2) is 0 Å². The molecule has 132 valence electrons. The van der Waals surface area contributed by atoms with Crippen molar-refractivity contribution in [2.24, 2.45) is 0 Å². The first-order chi connectivity index (χ1) is 11.0. The first-order valence-electron chi connectivity index (χ1n) is 8.53. The van der Waals surface area contributed by atoms with Crippen molar-refractivity contribution in [3.05, 3.63) is 0 Å². The molecule has 2 amide bonds. The summed E-state index contributed by atoms with van der Waals surface area (Å²) in [5.41, 5.74) is -0.0205. The molecule has 0 aromatic heterocycles. The van der Waals surface area contributed by atoms with Crippen LogP contribution >= 0.6 is 0 Å². The molecule has 0 atom stereocenters. The molecule has 2 aliphatic carbocycles. The van der Waals surface area contributed by atoms with E-state index in [9.17, 15) is 9.59 Å². The van der Waals surface area contributed by atoms with Crippen LogP contribution in [0.25, 0.3) is 0 Å². The molecule has 0 heterocycles. The Hall–Kier alpha value is -1.34. The van der Waals surface area contributed by atoms with Gasteiger partial charge < -0.3 is 20.5 Å². The van der Waals surface area contributed by atoms with Gasteiger partial charge in [-0.15, -0.1) is 0 Å². The largest absolute Gasteiger partial charge is 0.480 e. The number of methoxy groups -OCH3 is 1. The molecule has 7 nitrogen and oxygen atoms in total. The van der Waals surface area contributed by atoms with Gasteiger partial charge in [-0.1, -0.05) is 6.92 Å². The predicted octanol–water partition coefficient (Wildman–Crippen LogP) is 1.18. The Morgan fingerprint density at radius 1 is 1.35 bits per heavy atom. The molecule has 0 aromatic rings. The van der Waals surface area contributed by atoms with E-state index >= 15 is 0 Å². The van der Waals surface area contributed by atoms with E-state index < -0.39 is 5.97 Å². The standard InChI is InChI=1S/C16H29N3O4/c1-3-19(11-14(20)21)13-9-12(10-13)18-15(22)17-8-7-16(23-2)5-4-6-16/h12-13H,3-11H2,1-2H3,(H,20,21)(H2,17,18,22). The van der Waals surface area contributed by atoms with Crippen LogP contribution in [-0.4, -0.2) is 66.4 Å².